The molecular formula is C19H30ClN3O2. The lowest BCUT2D eigenvalue weighted by Crippen LogP contribution is -2.49. The molecule has 1 aromatic carbocycles. The van der Waals surface area contributed by atoms with Gasteiger partial charge in [-0.25, -0.2) is 0 Å². The summed E-state index contributed by atoms with van der Waals surface area (Å²) in [5.74, 6) is 0.0411. The lowest BCUT2D eigenvalue weighted by molar-refractivity contribution is -0.136. The highest BCUT2D eigenvalue weighted by Gasteiger charge is 2.27. The highest BCUT2D eigenvalue weighted by molar-refractivity contribution is 5.88. The van der Waals surface area contributed by atoms with Gasteiger partial charge in [-0.3, -0.25) is 9.59 Å². The van der Waals surface area contributed by atoms with Crippen LogP contribution in [0.25, 0.3) is 0 Å². The van der Waals surface area contributed by atoms with Crippen LogP contribution in [0.4, 0.5) is 0 Å². The van der Waals surface area contributed by atoms with Gasteiger partial charge in [0.2, 0.25) is 11.8 Å². The Morgan fingerprint density at radius 1 is 1.20 bits per heavy atom. The molecule has 1 fully saturated rings. The van der Waals surface area contributed by atoms with Gasteiger partial charge in [0.25, 0.3) is 0 Å². The van der Waals surface area contributed by atoms with Gasteiger partial charge in [-0.2, -0.15) is 0 Å². The van der Waals surface area contributed by atoms with E-state index in [0.717, 1.165) is 32.1 Å². The van der Waals surface area contributed by atoms with Crippen molar-refractivity contribution in [3.05, 3.63) is 35.9 Å². The van der Waals surface area contributed by atoms with Crippen LogP contribution in [0.5, 0.6) is 0 Å². The van der Waals surface area contributed by atoms with Crippen LogP contribution in [-0.4, -0.2) is 42.4 Å². The zero-order valence-electron chi connectivity index (χ0n) is 14.9. The minimum Gasteiger partial charge on any atom is -0.344 e. The monoisotopic (exact) mass is 367 g/mol. The van der Waals surface area contributed by atoms with E-state index in [1.165, 1.54) is 5.56 Å². The number of hydrogen-bond acceptors (Lipinski definition) is 3. The molecule has 5 nitrogen and oxygen atoms in total. The van der Waals surface area contributed by atoms with E-state index in [1.54, 1.807) is 11.8 Å². The fraction of sp³-hybridized carbons (Fsp3) is 0.579. The molecule has 0 bridgehead atoms. The number of carbonyl (C=O) groups is 2. The first kappa shape index (κ1) is 21.5. The Labute approximate surface area is 156 Å². The van der Waals surface area contributed by atoms with E-state index in [-0.39, 0.29) is 30.1 Å². The molecule has 1 aliphatic carbocycles. The van der Waals surface area contributed by atoms with Crippen molar-refractivity contribution in [3.8, 4) is 0 Å². The Kier molecular flexibility index (Phi) is 9.53. The molecule has 2 amide bonds. The molecule has 3 N–H and O–H groups in total. The van der Waals surface area contributed by atoms with Crippen molar-refractivity contribution in [1.82, 2.24) is 10.2 Å². The molecule has 6 heteroatoms. The Morgan fingerprint density at radius 2 is 1.84 bits per heavy atom. The molecule has 1 saturated carbocycles. The number of halogens is 1. The maximum absolute atomic E-state index is 12.7. The second-order valence-electron chi connectivity index (χ2n) is 6.56. The van der Waals surface area contributed by atoms with Crippen molar-refractivity contribution in [2.24, 2.45) is 11.7 Å². The molecule has 0 heterocycles. The van der Waals surface area contributed by atoms with Crippen molar-refractivity contribution in [1.29, 1.82) is 0 Å². The van der Waals surface area contributed by atoms with E-state index in [9.17, 15) is 9.59 Å². The number of rotatable bonds is 8. The maximum atomic E-state index is 12.7. The number of nitrogens with zero attached hydrogens (tertiary/aromatic N) is 1. The van der Waals surface area contributed by atoms with E-state index < -0.39 is 6.04 Å². The second kappa shape index (κ2) is 11.1. The van der Waals surface area contributed by atoms with Crippen LogP contribution >= 0.6 is 12.4 Å². The Balaban J connectivity index is 0.00000312. The standard InChI is InChI=1S/C19H29N3O2.ClH/c1-15(21-18(23)17-9-5-6-10-17)19(24)22(14-12-20)13-11-16-7-3-2-4-8-16;/h2-4,7-8,15,17H,5-6,9-14,20H2,1H3,(H,21,23);1H. The molecule has 0 spiro atoms. The number of hydrogen-bond donors (Lipinski definition) is 2. The van der Waals surface area contributed by atoms with Gasteiger partial charge < -0.3 is 16.0 Å². The zero-order valence-corrected chi connectivity index (χ0v) is 15.8. The number of amides is 2. The summed E-state index contributed by atoms with van der Waals surface area (Å²) in [6, 6.07) is 9.57. The third-order valence-corrected chi connectivity index (χ3v) is 4.68. The van der Waals surface area contributed by atoms with Crippen LogP contribution < -0.4 is 11.1 Å². The van der Waals surface area contributed by atoms with E-state index in [0.29, 0.717) is 19.6 Å². The predicted molar refractivity (Wildman–Crippen MR) is 103 cm³/mol. The number of nitrogens with two attached hydrogens (primary N) is 1. The van der Waals surface area contributed by atoms with Gasteiger partial charge in [0.1, 0.15) is 6.04 Å². The molecule has 0 aliphatic heterocycles. The van der Waals surface area contributed by atoms with Gasteiger partial charge in [-0.15, -0.1) is 12.4 Å². The number of nitrogens with one attached hydrogen (secondary N) is 1. The topological polar surface area (TPSA) is 75.4 Å². The van der Waals surface area contributed by atoms with Crippen molar-refractivity contribution < 1.29 is 9.59 Å². The average molecular weight is 368 g/mol. The third kappa shape index (κ3) is 6.67. The van der Waals surface area contributed by atoms with Crippen LogP contribution in [0.3, 0.4) is 0 Å². The quantitative estimate of drug-likeness (QED) is 0.739. The lowest BCUT2D eigenvalue weighted by atomic mass is 10.1. The summed E-state index contributed by atoms with van der Waals surface area (Å²) in [5, 5.41) is 2.89. The average Bonchev–Trinajstić information content (AvgIpc) is 3.13. The number of benzene rings is 1. The SMILES string of the molecule is CC(NC(=O)C1CCCC1)C(=O)N(CCN)CCc1ccccc1.Cl. The summed E-state index contributed by atoms with van der Waals surface area (Å²) >= 11 is 0. The summed E-state index contributed by atoms with van der Waals surface area (Å²) in [5.41, 5.74) is 6.85. The van der Waals surface area contributed by atoms with E-state index >= 15 is 0 Å². The summed E-state index contributed by atoms with van der Waals surface area (Å²) in [4.78, 5) is 26.6. The summed E-state index contributed by atoms with van der Waals surface area (Å²) in [6.45, 7) is 3.31. The predicted octanol–water partition coefficient (Wildman–Crippen LogP) is 2.13. The van der Waals surface area contributed by atoms with Crippen molar-refractivity contribution in [3.63, 3.8) is 0 Å². The minimum atomic E-state index is -0.500. The first-order chi connectivity index (χ1) is 11.6. The Bertz CT molecular complexity index is 533. The molecule has 1 atom stereocenters. The Hall–Kier alpha value is -1.59. The molecule has 0 radical (unpaired) electrons. The highest BCUT2D eigenvalue weighted by Crippen LogP contribution is 2.24. The lowest BCUT2D eigenvalue weighted by Gasteiger charge is -2.26. The van der Waals surface area contributed by atoms with E-state index in [1.807, 2.05) is 18.2 Å². The minimum absolute atomic E-state index is 0. The van der Waals surface area contributed by atoms with Crippen molar-refractivity contribution in [2.75, 3.05) is 19.6 Å². The van der Waals surface area contributed by atoms with Gasteiger partial charge >= 0.3 is 0 Å². The van der Waals surface area contributed by atoms with Gasteiger partial charge in [0.15, 0.2) is 0 Å². The van der Waals surface area contributed by atoms with Gasteiger partial charge in [-0.1, -0.05) is 43.2 Å². The van der Waals surface area contributed by atoms with E-state index in [4.69, 9.17) is 5.73 Å². The van der Waals surface area contributed by atoms with Gasteiger partial charge in [0, 0.05) is 25.6 Å². The highest BCUT2D eigenvalue weighted by atomic mass is 35.5. The van der Waals surface area contributed by atoms with Crippen molar-refractivity contribution in [2.45, 2.75) is 45.1 Å². The molecule has 1 unspecified atom stereocenters. The summed E-state index contributed by atoms with van der Waals surface area (Å²) in [7, 11) is 0. The maximum Gasteiger partial charge on any atom is 0.244 e. The van der Waals surface area contributed by atoms with Gasteiger partial charge in [0.05, 0.1) is 0 Å². The molecule has 140 valence electrons. The van der Waals surface area contributed by atoms with Crippen molar-refractivity contribution >= 4 is 24.2 Å². The number of carbonyl (C=O) groups excluding carboxylic acids is 2. The second-order valence-corrected chi connectivity index (χ2v) is 6.56. The molecule has 25 heavy (non-hydrogen) atoms. The molecule has 2 rings (SSSR count). The molecule has 1 aliphatic rings. The van der Waals surface area contributed by atoms with E-state index in [2.05, 4.69) is 17.4 Å². The summed E-state index contributed by atoms with van der Waals surface area (Å²) in [6.07, 6.45) is 4.88. The van der Waals surface area contributed by atoms with Crippen LogP contribution in [0.2, 0.25) is 0 Å². The van der Waals surface area contributed by atoms with Crippen LogP contribution in [0, 0.1) is 5.92 Å². The van der Waals surface area contributed by atoms with Crippen LogP contribution in [0.1, 0.15) is 38.2 Å². The molecule has 0 saturated heterocycles. The largest absolute Gasteiger partial charge is 0.344 e. The fourth-order valence-electron chi connectivity index (χ4n) is 3.25. The first-order valence-electron chi connectivity index (χ1n) is 8.95. The summed E-state index contributed by atoms with van der Waals surface area (Å²) < 4.78 is 0. The van der Waals surface area contributed by atoms with Crippen LogP contribution in [0.15, 0.2) is 30.3 Å². The fourth-order valence-corrected chi connectivity index (χ4v) is 3.25. The first-order valence-corrected chi connectivity index (χ1v) is 8.95. The normalized spacial score (nSPS) is 15.3. The smallest absolute Gasteiger partial charge is 0.244 e. The Morgan fingerprint density at radius 3 is 2.44 bits per heavy atom. The molecule has 0 aromatic heterocycles. The van der Waals surface area contributed by atoms with Gasteiger partial charge in [-0.05, 0) is 31.7 Å². The third-order valence-electron chi connectivity index (χ3n) is 4.68. The molecule has 1 aromatic rings. The molecular weight excluding hydrogens is 338 g/mol. The zero-order chi connectivity index (χ0) is 17.4. The van der Waals surface area contributed by atoms with Crippen LogP contribution in [-0.2, 0) is 16.0 Å².